The molecule has 0 spiro atoms. The number of aryl methyl sites for hydroxylation is 4. The fourth-order valence-electron chi connectivity index (χ4n) is 3.89. The van der Waals surface area contributed by atoms with E-state index >= 15 is 0 Å². The molecule has 0 N–H and O–H groups in total. The van der Waals surface area contributed by atoms with Gasteiger partial charge in [-0.05, 0) is 56.7 Å². The van der Waals surface area contributed by atoms with E-state index < -0.39 is 17.2 Å². The Labute approximate surface area is 184 Å². The average Bonchev–Trinajstić information content (AvgIpc) is 3.33. The lowest BCUT2D eigenvalue weighted by atomic mass is 10.2. The first-order valence-electron chi connectivity index (χ1n) is 10.3. The van der Waals surface area contributed by atoms with Gasteiger partial charge in [-0.15, -0.1) is 0 Å². The summed E-state index contributed by atoms with van der Waals surface area (Å²) in [5, 5.41) is 0. The Kier molecular flexibility index (Phi) is 5.56. The highest BCUT2D eigenvalue weighted by molar-refractivity contribution is 5.89. The van der Waals surface area contributed by atoms with Gasteiger partial charge in [0.15, 0.2) is 11.2 Å². The van der Waals surface area contributed by atoms with Gasteiger partial charge in [-0.2, -0.15) is 0 Å². The van der Waals surface area contributed by atoms with Gasteiger partial charge in [-0.25, -0.2) is 14.6 Å². The number of carbonyl (C=O) groups excluding carboxylic acids is 1. The van der Waals surface area contributed by atoms with E-state index in [0.29, 0.717) is 23.1 Å². The van der Waals surface area contributed by atoms with E-state index in [-0.39, 0.29) is 13.2 Å². The smallest absolute Gasteiger partial charge is 0.338 e. The average molecular weight is 435 g/mol. The second-order valence-electron chi connectivity index (χ2n) is 7.81. The van der Waals surface area contributed by atoms with Gasteiger partial charge < -0.3 is 13.9 Å². The van der Waals surface area contributed by atoms with Crippen molar-refractivity contribution in [2.24, 2.45) is 14.1 Å². The highest BCUT2D eigenvalue weighted by Gasteiger charge is 2.15. The number of rotatable bonds is 6. The summed E-state index contributed by atoms with van der Waals surface area (Å²) in [5.41, 5.74) is 3.51. The van der Waals surface area contributed by atoms with Crippen molar-refractivity contribution < 1.29 is 9.53 Å². The second-order valence-corrected chi connectivity index (χ2v) is 7.81. The molecule has 0 aliphatic rings. The molecule has 0 unspecified atom stereocenters. The van der Waals surface area contributed by atoms with Crippen LogP contribution in [0.5, 0.6) is 0 Å². The molecule has 166 valence electrons. The molecule has 0 saturated heterocycles. The molecule has 9 nitrogen and oxygen atoms in total. The zero-order chi connectivity index (χ0) is 23.0. The molecule has 0 aliphatic heterocycles. The van der Waals surface area contributed by atoms with E-state index in [1.807, 2.05) is 38.1 Å². The Morgan fingerprint density at radius 1 is 1.00 bits per heavy atom. The third-order valence-electron chi connectivity index (χ3n) is 5.59. The van der Waals surface area contributed by atoms with Gasteiger partial charge in [0.05, 0.1) is 18.5 Å². The number of ether oxygens (including phenoxy) is 1. The Hall–Kier alpha value is -3.88. The highest BCUT2D eigenvalue weighted by Crippen LogP contribution is 2.17. The molecule has 3 heterocycles. The van der Waals surface area contributed by atoms with Gasteiger partial charge in [-0.3, -0.25) is 13.9 Å². The normalized spacial score (nSPS) is 11.2. The predicted octanol–water partition coefficient (Wildman–Crippen LogP) is 2.09. The van der Waals surface area contributed by atoms with Crippen molar-refractivity contribution in [1.29, 1.82) is 0 Å². The summed E-state index contributed by atoms with van der Waals surface area (Å²) in [6.45, 7) is 4.29. The minimum Gasteiger partial charge on any atom is -0.462 e. The topological polar surface area (TPSA) is 93.1 Å². The number of benzene rings is 1. The molecule has 0 aliphatic carbocycles. The first-order chi connectivity index (χ1) is 15.3. The second kappa shape index (κ2) is 8.33. The summed E-state index contributed by atoms with van der Waals surface area (Å²) in [4.78, 5) is 41.7. The van der Waals surface area contributed by atoms with Crippen molar-refractivity contribution in [3.05, 3.63) is 80.5 Å². The van der Waals surface area contributed by atoms with E-state index in [2.05, 4.69) is 9.55 Å². The number of hydrogen-bond donors (Lipinski definition) is 0. The number of aromatic nitrogens is 5. The fourth-order valence-corrected chi connectivity index (χ4v) is 3.89. The molecule has 4 aromatic rings. The van der Waals surface area contributed by atoms with E-state index in [4.69, 9.17) is 4.74 Å². The molecule has 0 bridgehead atoms. The maximum absolute atomic E-state index is 12.7. The Morgan fingerprint density at radius 3 is 2.31 bits per heavy atom. The largest absolute Gasteiger partial charge is 0.462 e. The van der Waals surface area contributed by atoms with Crippen LogP contribution in [0.15, 0.2) is 52.3 Å². The maximum atomic E-state index is 12.7. The summed E-state index contributed by atoms with van der Waals surface area (Å²) >= 11 is 0. The summed E-state index contributed by atoms with van der Waals surface area (Å²) in [6.07, 6.45) is 1.84. The van der Waals surface area contributed by atoms with Crippen LogP contribution in [0.4, 0.5) is 0 Å². The number of esters is 1. The fraction of sp³-hybridized carbons (Fsp3) is 0.304. The van der Waals surface area contributed by atoms with Crippen LogP contribution < -0.4 is 11.2 Å². The van der Waals surface area contributed by atoms with E-state index in [9.17, 15) is 14.4 Å². The molecular weight excluding hydrogens is 410 g/mol. The van der Waals surface area contributed by atoms with Crippen molar-refractivity contribution in [2.45, 2.75) is 26.8 Å². The van der Waals surface area contributed by atoms with Crippen molar-refractivity contribution in [3.63, 3.8) is 0 Å². The van der Waals surface area contributed by atoms with Gasteiger partial charge in [0.2, 0.25) is 0 Å². The van der Waals surface area contributed by atoms with E-state index in [1.165, 1.54) is 10.9 Å². The molecule has 32 heavy (non-hydrogen) atoms. The Balaban J connectivity index is 1.40. The number of imidazole rings is 1. The van der Waals surface area contributed by atoms with Crippen LogP contribution in [0.3, 0.4) is 0 Å². The lowest BCUT2D eigenvalue weighted by molar-refractivity contribution is 0.0495. The van der Waals surface area contributed by atoms with Crippen molar-refractivity contribution in [1.82, 2.24) is 23.3 Å². The summed E-state index contributed by atoms with van der Waals surface area (Å²) in [5.74, 6) is -0.445. The van der Waals surface area contributed by atoms with Crippen LogP contribution in [0.1, 0.15) is 28.2 Å². The van der Waals surface area contributed by atoms with Gasteiger partial charge in [0.1, 0.15) is 0 Å². The van der Waals surface area contributed by atoms with Crippen LogP contribution in [0.2, 0.25) is 0 Å². The van der Waals surface area contributed by atoms with Crippen molar-refractivity contribution in [3.8, 4) is 5.69 Å². The zero-order valence-electron chi connectivity index (χ0n) is 18.5. The van der Waals surface area contributed by atoms with Gasteiger partial charge in [0.25, 0.3) is 5.56 Å². The van der Waals surface area contributed by atoms with E-state index in [1.54, 1.807) is 30.8 Å². The Bertz CT molecular complexity index is 1400. The summed E-state index contributed by atoms with van der Waals surface area (Å²) in [7, 11) is 3.28. The molecule has 9 heteroatoms. The van der Waals surface area contributed by atoms with Crippen molar-refractivity contribution in [2.75, 3.05) is 6.61 Å². The lowest BCUT2D eigenvalue weighted by Crippen LogP contribution is -2.39. The monoisotopic (exact) mass is 435 g/mol. The maximum Gasteiger partial charge on any atom is 0.338 e. The van der Waals surface area contributed by atoms with E-state index in [0.717, 1.165) is 21.6 Å². The molecule has 0 radical (unpaired) electrons. The van der Waals surface area contributed by atoms with Crippen molar-refractivity contribution >= 4 is 17.1 Å². The first kappa shape index (κ1) is 21.4. The number of fused-ring (bicyclic) bond motifs is 1. The van der Waals surface area contributed by atoms with Crippen LogP contribution in [0.25, 0.3) is 16.9 Å². The third kappa shape index (κ3) is 3.66. The quantitative estimate of drug-likeness (QED) is 0.342. The van der Waals surface area contributed by atoms with Crippen LogP contribution in [0, 0.1) is 13.8 Å². The summed E-state index contributed by atoms with van der Waals surface area (Å²) < 4.78 is 11.5. The predicted molar refractivity (Wildman–Crippen MR) is 120 cm³/mol. The summed E-state index contributed by atoms with van der Waals surface area (Å²) in [6, 6.07) is 11.3. The number of carbonyl (C=O) groups is 1. The lowest BCUT2D eigenvalue weighted by Gasteiger charge is -2.11. The minimum absolute atomic E-state index is 0.0927. The number of nitrogens with zero attached hydrogens (tertiary/aromatic N) is 5. The molecular formula is C23H25N5O4. The molecule has 0 atom stereocenters. The highest BCUT2D eigenvalue weighted by atomic mass is 16.5. The molecule has 0 saturated carbocycles. The first-order valence-corrected chi connectivity index (χ1v) is 10.3. The van der Waals surface area contributed by atoms with Gasteiger partial charge in [0, 0.05) is 37.7 Å². The third-order valence-corrected chi connectivity index (χ3v) is 5.59. The zero-order valence-corrected chi connectivity index (χ0v) is 18.5. The van der Waals surface area contributed by atoms with Crippen LogP contribution in [-0.2, 0) is 25.4 Å². The van der Waals surface area contributed by atoms with Crippen LogP contribution in [-0.4, -0.2) is 35.8 Å². The standard InChI is InChI=1S/C23H25N5O4/c1-15-6-7-16(2)28(15)18-10-8-17(9-11-18)22(30)32-13-5-12-27-21(29)19-20(24-14-25(19)3)26(4)23(27)31/h6-11,14H,5,12-13H2,1-4H3. The SMILES string of the molecule is Cc1ccc(C)n1-c1ccc(C(=O)OCCCn2c(=O)c3c(ncn3C)n(C)c2=O)cc1. The molecule has 4 rings (SSSR count). The molecule has 3 aromatic heterocycles. The van der Waals surface area contributed by atoms with Gasteiger partial charge >= 0.3 is 11.7 Å². The molecule has 1 aromatic carbocycles. The Morgan fingerprint density at radius 2 is 1.66 bits per heavy atom. The molecule has 0 fully saturated rings. The van der Waals surface area contributed by atoms with Crippen LogP contribution >= 0.6 is 0 Å². The molecule has 0 amide bonds. The minimum atomic E-state index is -0.446. The van der Waals surface area contributed by atoms with Gasteiger partial charge in [-0.1, -0.05) is 0 Å². The number of hydrogen-bond acceptors (Lipinski definition) is 5.